The maximum Gasteiger partial charge on any atom is 0.165 e. The van der Waals surface area contributed by atoms with Crippen molar-refractivity contribution in [2.45, 2.75) is 12.5 Å². The summed E-state index contributed by atoms with van der Waals surface area (Å²) in [5, 5.41) is 12.5. The molecule has 0 fully saturated rings. The third kappa shape index (κ3) is 2.86. The minimum Gasteiger partial charge on any atom is -0.388 e. The Morgan fingerprint density at radius 2 is 1.52 bits per heavy atom. The third-order valence-electron chi connectivity index (χ3n) is 3.66. The first-order chi connectivity index (χ1) is 10.3. The van der Waals surface area contributed by atoms with E-state index in [1.54, 1.807) is 12.1 Å². The molecule has 1 atom stereocenters. The lowest BCUT2D eigenvalue weighted by atomic mass is 9.96. The van der Waals surface area contributed by atoms with Crippen molar-refractivity contribution in [3.63, 3.8) is 0 Å². The SMILES string of the molecule is O=C(C[C@H](O)c1cccc2ccccc12)c1ccccc1. The van der Waals surface area contributed by atoms with Crippen molar-refractivity contribution in [3.05, 3.63) is 83.9 Å². The number of benzene rings is 3. The fourth-order valence-electron chi connectivity index (χ4n) is 2.57. The van der Waals surface area contributed by atoms with Crippen molar-refractivity contribution in [1.29, 1.82) is 0 Å². The van der Waals surface area contributed by atoms with Gasteiger partial charge >= 0.3 is 0 Å². The largest absolute Gasteiger partial charge is 0.388 e. The highest BCUT2D eigenvalue weighted by molar-refractivity contribution is 5.97. The number of hydrogen-bond acceptors (Lipinski definition) is 2. The molecule has 0 spiro atoms. The summed E-state index contributed by atoms with van der Waals surface area (Å²) in [6, 6.07) is 22.8. The number of aliphatic hydroxyl groups is 1. The zero-order valence-electron chi connectivity index (χ0n) is 11.6. The summed E-state index contributed by atoms with van der Waals surface area (Å²) in [4.78, 5) is 12.2. The predicted octanol–water partition coefficient (Wildman–Crippen LogP) is 4.15. The van der Waals surface area contributed by atoms with Gasteiger partial charge in [-0.15, -0.1) is 0 Å². The highest BCUT2D eigenvalue weighted by atomic mass is 16.3. The maximum atomic E-state index is 12.2. The van der Waals surface area contributed by atoms with Gasteiger partial charge in [-0.2, -0.15) is 0 Å². The maximum absolute atomic E-state index is 12.2. The molecular weight excluding hydrogens is 260 g/mol. The van der Waals surface area contributed by atoms with Gasteiger partial charge in [0.1, 0.15) is 0 Å². The molecule has 104 valence electrons. The lowest BCUT2D eigenvalue weighted by Crippen LogP contribution is -2.07. The molecular formula is C19H16O2. The van der Waals surface area contributed by atoms with E-state index in [-0.39, 0.29) is 12.2 Å². The van der Waals surface area contributed by atoms with Crippen LogP contribution in [0.15, 0.2) is 72.8 Å². The Hall–Kier alpha value is -2.45. The van der Waals surface area contributed by atoms with Gasteiger partial charge in [-0.25, -0.2) is 0 Å². The second kappa shape index (κ2) is 5.90. The number of rotatable bonds is 4. The lowest BCUT2D eigenvalue weighted by Gasteiger charge is -2.13. The van der Waals surface area contributed by atoms with E-state index in [0.29, 0.717) is 5.56 Å². The zero-order chi connectivity index (χ0) is 14.7. The molecule has 1 N–H and O–H groups in total. The summed E-state index contributed by atoms with van der Waals surface area (Å²) < 4.78 is 0. The van der Waals surface area contributed by atoms with Gasteiger partial charge in [-0.3, -0.25) is 4.79 Å². The molecule has 0 aliphatic carbocycles. The number of Topliss-reactive ketones (excluding diaryl/α,β-unsaturated/α-hetero) is 1. The smallest absolute Gasteiger partial charge is 0.165 e. The quantitative estimate of drug-likeness (QED) is 0.727. The second-order valence-electron chi connectivity index (χ2n) is 5.08. The van der Waals surface area contributed by atoms with Gasteiger partial charge < -0.3 is 5.11 Å². The normalized spacial score (nSPS) is 12.2. The van der Waals surface area contributed by atoms with Crippen molar-refractivity contribution >= 4 is 16.6 Å². The van der Waals surface area contributed by atoms with E-state index in [2.05, 4.69) is 0 Å². The van der Waals surface area contributed by atoms with E-state index in [0.717, 1.165) is 16.3 Å². The fourth-order valence-corrected chi connectivity index (χ4v) is 2.57. The first-order valence-electron chi connectivity index (χ1n) is 6.99. The standard InChI is InChI=1S/C19H16O2/c20-18(15-8-2-1-3-9-15)13-19(21)17-12-6-10-14-7-4-5-11-16(14)17/h1-12,19,21H,13H2/t19-/m0/s1. The molecule has 2 heteroatoms. The van der Waals surface area contributed by atoms with Crippen LogP contribution >= 0.6 is 0 Å². The van der Waals surface area contributed by atoms with Gasteiger partial charge in [-0.05, 0) is 16.3 Å². The molecule has 21 heavy (non-hydrogen) atoms. The van der Waals surface area contributed by atoms with E-state index in [4.69, 9.17) is 0 Å². The minimum absolute atomic E-state index is 0.0453. The van der Waals surface area contributed by atoms with Crippen molar-refractivity contribution in [3.8, 4) is 0 Å². The number of ketones is 1. The Morgan fingerprint density at radius 1 is 0.857 bits per heavy atom. The summed E-state index contributed by atoms with van der Waals surface area (Å²) >= 11 is 0. The molecule has 0 radical (unpaired) electrons. The number of hydrogen-bond donors (Lipinski definition) is 1. The Balaban J connectivity index is 1.88. The van der Waals surface area contributed by atoms with Crippen molar-refractivity contribution in [1.82, 2.24) is 0 Å². The van der Waals surface area contributed by atoms with Gasteiger partial charge in [0.05, 0.1) is 6.10 Å². The molecule has 3 rings (SSSR count). The van der Waals surface area contributed by atoms with Crippen molar-refractivity contribution in [2.24, 2.45) is 0 Å². The number of carbonyl (C=O) groups is 1. The van der Waals surface area contributed by atoms with Crippen LogP contribution in [0.3, 0.4) is 0 Å². The van der Waals surface area contributed by atoms with Crippen LogP contribution in [0.2, 0.25) is 0 Å². The number of fused-ring (bicyclic) bond motifs is 1. The summed E-state index contributed by atoms with van der Waals surface area (Å²) in [5.41, 5.74) is 1.44. The van der Waals surface area contributed by atoms with E-state index >= 15 is 0 Å². The molecule has 0 saturated carbocycles. The van der Waals surface area contributed by atoms with Crippen molar-refractivity contribution < 1.29 is 9.90 Å². The van der Waals surface area contributed by atoms with Crippen LogP contribution in [-0.4, -0.2) is 10.9 Å². The Kier molecular flexibility index (Phi) is 3.80. The van der Waals surface area contributed by atoms with Gasteiger partial charge in [0.25, 0.3) is 0 Å². The van der Waals surface area contributed by atoms with Crippen LogP contribution in [-0.2, 0) is 0 Å². The molecule has 0 saturated heterocycles. The zero-order valence-corrected chi connectivity index (χ0v) is 11.6. The molecule has 0 bridgehead atoms. The van der Waals surface area contributed by atoms with E-state index in [9.17, 15) is 9.90 Å². The van der Waals surface area contributed by atoms with E-state index < -0.39 is 6.10 Å². The molecule has 0 unspecified atom stereocenters. The van der Waals surface area contributed by atoms with Crippen LogP contribution < -0.4 is 0 Å². The molecule has 0 aliphatic heterocycles. The van der Waals surface area contributed by atoms with Gasteiger partial charge in [0.15, 0.2) is 5.78 Å². The van der Waals surface area contributed by atoms with Crippen LogP contribution in [0.25, 0.3) is 10.8 Å². The molecule has 3 aromatic rings. The molecule has 3 aromatic carbocycles. The molecule has 0 aromatic heterocycles. The molecule has 0 heterocycles. The monoisotopic (exact) mass is 276 g/mol. The molecule has 0 aliphatic rings. The highest BCUT2D eigenvalue weighted by Crippen LogP contribution is 2.27. The Bertz CT molecular complexity index is 757. The average molecular weight is 276 g/mol. The summed E-state index contributed by atoms with van der Waals surface area (Å²) in [6.45, 7) is 0. The first kappa shape index (κ1) is 13.5. The fraction of sp³-hybridized carbons (Fsp3) is 0.105. The lowest BCUT2D eigenvalue weighted by molar-refractivity contribution is 0.0882. The summed E-state index contributed by atoms with van der Waals surface area (Å²) in [5.74, 6) is -0.0453. The van der Waals surface area contributed by atoms with E-state index in [1.807, 2.05) is 60.7 Å². The van der Waals surface area contributed by atoms with E-state index in [1.165, 1.54) is 0 Å². The molecule has 2 nitrogen and oxygen atoms in total. The average Bonchev–Trinajstić information content (AvgIpc) is 2.55. The Morgan fingerprint density at radius 3 is 2.33 bits per heavy atom. The van der Waals surface area contributed by atoms with Gasteiger partial charge in [0, 0.05) is 12.0 Å². The van der Waals surface area contributed by atoms with Crippen LogP contribution in [0.1, 0.15) is 28.4 Å². The molecule has 0 amide bonds. The second-order valence-corrected chi connectivity index (χ2v) is 5.08. The van der Waals surface area contributed by atoms with Crippen LogP contribution in [0, 0.1) is 0 Å². The van der Waals surface area contributed by atoms with Crippen LogP contribution in [0.4, 0.5) is 0 Å². The highest BCUT2D eigenvalue weighted by Gasteiger charge is 2.16. The number of carbonyl (C=O) groups excluding carboxylic acids is 1. The van der Waals surface area contributed by atoms with Gasteiger partial charge in [0.2, 0.25) is 0 Å². The Labute approximate surface area is 123 Å². The number of aliphatic hydroxyl groups excluding tert-OH is 1. The van der Waals surface area contributed by atoms with Gasteiger partial charge in [-0.1, -0.05) is 72.8 Å². The van der Waals surface area contributed by atoms with Crippen LogP contribution in [0.5, 0.6) is 0 Å². The predicted molar refractivity (Wildman–Crippen MR) is 84.3 cm³/mol. The van der Waals surface area contributed by atoms with Crippen molar-refractivity contribution in [2.75, 3.05) is 0 Å². The topological polar surface area (TPSA) is 37.3 Å². The third-order valence-corrected chi connectivity index (χ3v) is 3.66. The summed E-state index contributed by atoms with van der Waals surface area (Å²) in [6.07, 6.45) is -0.693. The summed E-state index contributed by atoms with van der Waals surface area (Å²) in [7, 11) is 0. The minimum atomic E-state index is -0.788. The first-order valence-corrected chi connectivity index (χ1v) is 6.99.